The number of sulfonamides is 1. The molecule has 1 aliphatic rings. The van der Waals surface area contributed by atoms with Crippen LogP contribution in [0.15, 0.2) is 70.2 Å². The monoisotopic (exact) mass is 441 g/mol. The summed E-state index contributed by atoms with van der Waals surface area (Å²) >= 11 is 0. The zero-order valence-corrected chi connectivity index (χ0v) is 17.8. The number of hydrogen-bond donors (Lipinski definition) is 2. The van der Waals surface area contributed by atoms with Crippen LogP contribution in [0.25, 0.3) is 0 Å². The quantitative estimate of drug-likeness (QED) is 0.576. The average molecular weight is 442 g/mol. The highest BCUT2D eigenvalue weighted by atomic mass is 32.2. The number of benzene rings is 2. The third-order valence-electron chi connectivity index (χ3n) is 5.06. The third kappa shape index (κ3) is 4.66. The van der Waals surface area contributed by atoms with Gasteiger partial charge in [0.05, 0.1) is 29.6 Å². The summed E-state index contributed by atoms with van der Waals surface area (Å²) in [6.45, 7) is 1.69. The smallest absolute Gasteiger partial charge is 0.291 e. The lowest BCUT2D eigenvalue weighted by Crippen LogP contribution is -2.22. The lowest BCUT2D eigenvalue weighted by Gasteiger charge is -2.22. The van der Waals surface area contributed by atoms with Crippen molar-refractivity contribution in [2.24, 2.45) is 0 Å². The Labute approximate surface area is 180 Å². The van der Waals surface area contributed by atoms with Crippen LogP contribution in [0.4, 0.5) is 17.1 Å². The molecule has 1 aromatic heterocycles. The highest BCUT2D eigenvalue weighted by Crippen LogP contribution is 2.32. The van der Waals surface area contributed by atoms with Crippen molar-refractivity contribution in [3.05, 3.63) is 66.6 Å². The predicted molar refractivity (Wildman–Crippen MR) is 118 cm³/mol. The molecule has 8 nitrogen and oxygen atoms in total. The van der Waals surface area contributed by atoms with Crippen molar-refractivity contribution in [2.45, 2.75) is 17.7 Å². The molecule has 0 radical (unpaired) electrons. The summed E-state index contributed by atoms with van der Waals surface area (Å²) in [5.41, 5.74) is 1.60. The van der Waals surface area contributed by atoms with Gasteiger partial charge in [0.15, 0.2) is 5.76 Å². The van der Waals surface area contributed by atoms with E-state index in [2.05, 4.69) is 14.9 Å². The molecule has 0 aliphatic carbocycles. The van der Waals surface area contributed by atoms with E-state index in [0.717, 1.165) is 31.6 Å². The summed E-state index contributed by atoms with van der Waals surface area (Å²) in [4.78, 5) is 14.7. The van der Waals surface area contributed by atoms with E-state index >= 15 is 0 Å². The Morgan fingerprint density at radius 1 is 1.06 bits per heavy atom. The molecule has 31 heavy (non-hydrogen) atoms. The van der Waals surface area contributed by atoms with Gasteiger partial charge in [0.2, 0.25) is 0 Å². The minimum atomic E-state index is -3.87. The van der Waals surface area contributed by atoms with Crippen molar-refractivity contribution < 1.29 is 22.4 Å². The van der Waals surface area contributed by atoms with Gasteiger partial charge in [-0.05, 0) is 67.4 Å². The molecule has 162 valence electrons. The fraction of sp³-hybridized carbons (Fsp3) is 0.227. The number of carbonyl (C=O) groups excluding carboxylic acids is 1. The van der Waals surface area contributed by atoms with Crippen molar-refractivity contribution in [2.75, 3.05) is 35.1 Å². The maximum atomic E-state index is 13.0. The van der Waals surface area contributed by atoms with E-state index in [1.165, 1.54) is 12.3 Å². The molecule has 9 heteroatoms. The molecule has 2 N–H and O–H groups in total. The molecular formula is C22H23N3O5S. The predicted octanol–water partition coefficient (Wildman–Crippen LogP) is 3.94. The summed E-state index contributed by atoms with van der Waals surface area (Å²) in [7, 11) is -2.33. The van der Waals surface area contributed by atoms with Gasteiger partial charge in [0.25, 0.3) is 15.9 Å². The summed E-state index contributed by atoms with van der Waals surface area (Å²) in [6, 6.07) is 14.5. The first-order chi connectivity index (χ1) is 15.0. The first-order valence-electron chi connectivity index (χ1n) is 9.87. The largest absolute Gasteiger partial charge is 0.497 e. The number of carbonyl (C=O) groups is 1. The Morgan fingerprint density at radius 2 is 1.81 bits per heavy atom. The molecule has 0 bridgehead atoms. The van der Waals surface area contributed by atoms with Crippen molar-refractivity contribution in [1.29, 1.82) is 0 Å². The number of methoxy groups -OCH3 is 1. The number of rotatable bonds is 7. The van der Waals surface area contributed by atoms with Gasteiger partial charge in [-0.15, -0.1) is 0 Å². The lowest BCUT2D eigenvalue weighted by molar-refractivity contribution is 0.0996. The molecular weight excluding hydrogens is 418 g/mol. The third-order valence-corrected chi connectivity index (χ3v) is 6.44. The second-order valence-corrected chi connectivity index (χ2v) is 8.82. The van der Waals surface area contributed by atoms with Crippen LogP contribution < -0.4 is 19.7 Å². The average Bonchev–Trinajstić information content (AvgIpc) is 3.48. The second kappa shape index (κ2) is 8.73. The van der Waals surface area contributed by atoms with Gasteiger partial charge in [0, 0.05) is 18.8 Å². The van der Waals surface area contributed by atoms with Crippen molar-refractivity contribution in [3.63, 3.8) is 0 Å². The first kappa shape index (κ1) is 20.8. The van der Waals surface area contributed by atoms with Crippen LogP contribution in [0.5, 0.6) is 5.75 Å². The molecule has 1 fully saturated rings. The van der Waals surface area contributed by atoms with Crippen LogP contribution in [0.3, 0.4) is 0 Å². The fourth-order valence-corrected chi connectivity index (χ4v) is 4.57. The molecule has 1 amide bonds. The molecule has 0 spiro atoms. The molecule has 4 rings (SSSR count). The van der Waals surface area contributed by atoms with Gasteiger partial charge in [-0.1, -0.05) is 0 Å². The van der Waals surface area contributed by atoms with Crippen LogP contribution >= 0.6 is 0 Å². The lowest BCUT2D eigenvalue weighted by atomic mass is 10.2. The van der Waals surface area contributed by atoms with Gasteiger partial charge in [-0.2, -0.15) is 0 Å². The molecule has 0 atom stereocenters. The Kier molecular flexibility index (Phi) is 5.85. The van der Waals surface area contributed by atoms with Gasteiger partial charge in [-0.3, -0.25) is 9.52 Å². The van der Waals surface area contributed by atoms with Crippen LogP contribution in [-0.2, 0) is 10.0 Å². The topological polar surface area (TPSA) is 101 Å². The standard InChI is InChI=1S/C22H23N3O5S/c1-29-17-8-6-16(7-9-17)24-31(27,28)18-10-11-20(25-12-2-3-13-25)19(15-18)23-22(26)21-5-4-14-30-21/h4-11,14-15,24H,2-3,12-13H2,1H3,(H,23,26). The molecule has 2 aromatic carbocycles. The fourth-order valence-electron chi connectivity index (χ4n) is 3.48. The maximum Gasteiger partial charge on any atom is 0.291 e. The maximum absolute atomic E-state index is 13.0. The van der Waals surface area contributed by atoms with E-state index in [9.17, 15) is 13.2 Å². The van der Waals surface area contributed by atoms with Gasteiger partial charge >= 0.3 is 0 Å². The number of nitrogens with one attached hydrogen (secondary N) is 2. The van der Waals surface area contributed by atoms with Crippen LogP contribution in [0.2, 0.25) is 0 Å². The van der Waals surface area contributed by atoms with Gasteiger partial charge in [-0.25, -0.2) is 8.42 Å². The molecule has 1 saturated heterocycles. The first-order valence-corrected chi connectivity index (χ1v) is 11.4. The van der Waals surface area contributed by atoms with Crippen molar-refractivity contribution in [3.8, 4) is 5.75 Å². The Hall–Kier alpha value is -3.46. The Bertz CT molecular complexity index is 1150. The van der Waals surface area contributed by atoms with E-state index in [0.29, 0.717) is 17.1 Å². The van der Waals surface area contributed by atoms with Crippen LogP contribution in [0, 0.1) is 0 Å². The number of nitrogens with zero attached hydrogens (tertiary/aromatic N) is 1. The molecule has 0 unspecified atom stereocenters. The van der Waals surface area contributed by atoms with Crippen molar-refractivity contribution >= 4 is 33.0 Å². The number of ether oxygens (including phenoxy) is 1. The highest BCUT2D eigenvalue weighted by Gasteiger charge is 2.22. The zero-order chi connectivity index (χ0) is 21.8. The van der Waals surface area contributed by atoms with Crippen molar-refractivity contribution in [1.82, 2.24) is 0 Å². The Balaban J connectivity index is 1.64. The minimum Gasteiger partial charge on any atom is -0.497 e. The summed E-state index contributed by atoms with van der Waals surface area (Å²) in [5.74, 6) is 0.334. The SMILES string of the molecule is COc1ccc(NS(=O)(=O)c2ccc(N3CCCC3)c(NC(=O)c3ccco3)c2)cc1. The van der Waals surface area contributed by atoms with E-state index in [1.807, 2.05) is 0 Å². The number of anilines is 3. The zero-order valence-electron chi connectivity index (χ0n) is 17.0. The van der Waals surface area contributed by atoms with E-state index in [1.54, 1.807) is 55.6 Å². The highest BCUT2D eigenvalue weighted by molar-refractivity contribution is 7.92. The number of amides is 1. The molecule has 1 aliphatic heterocycles. The summed E-state index contributed by atoms with van der Waals surface area (Å²) in [5, 5.41) is 2.80. The molecule has 2 heterocycles. The van der Waals surface area contributed by atoms with Gasteiger partial charge < -0.3 is 19.4 Å². The summed E-state index contributed by atoms with van der Waals surface area (Å²) < 4.78 is 38.8. The number of furan rings is 1. The van der Waals surface area contributed by atoms with Crippen LogP contribution in [0.1, 0.15) is 23.4 Å². The Morgan fingerprint density at radius 3 is 2.45 bits per heavy atom. The normalized spacial score (nSPS) is 13.8. The summed E-state index contributed by atoms with van der Waals surface area (Å²) in [6.07, 6.45) is 3.51. The molecule has 0 saturated carbocycles. The number of hydrogen-bond acceptors (Lipinski definition) is 6. The second-order valence-electron chi connectivity index (χ2n) is 7.14. The van der Waals surface area contributed by atoms with Gasteiger partial charge in [0.1, 0.15) is 5.75 Å². The van der Waals surface area contributed by atoms with E-state index in [-0.39, 0.29) is 10.7 Å². The van der Waals surface area contributed by atoms with E-state index < -0.39 is 15.9 Å². The molecule has 3 aromatic rings. The van der Waals surface area contributed by atoms with E-state index in [4.69, 9.17) is 9.15 Å². The van der Waals surface area contributed by atoms with Crippen LogP contribution in [-0.4, -0.2) is 34.5 Å². The minimum absolute atomic E-state index is 0.0426.